The van der Waals surface area contributed by atoms with Crippen molar-refractivity contribution in [3.8, 4) is 5.75 Å². The molecule has 106 valence electrons. The first-order chi connectivity index (χ1) is 9.15. The van der Waals surface area contributed by atoms with E-state index in [0.29, 0.717) is 5.92 Å². The Morgan fingerprint density at radius 3 is 3.00 bits per heavy atom. The second-order valence-corrected chi connectivity index (χ2v) is 6.89. The van der Waals surface area contributed by atoms with Crippen LogP contribution in [0.3, 0.4) is 0 Å². The summed E-state index contributed by atoms with van der Waals surface area (Å²) in [5.41, 5.74) is 5.51. The fraction of sp³-hybridized carbons (Fsp3) is 0.571. The Hall–Kier alpha value is -0.230. The molecule has 1 aliphatic heterocycles. The molecule has 3 nitrogen and oxygen atoms in total. The van der Waals surface area contributed by atoms with Gasteiger partial charge in [-0.05, 0) is 47.6 Å². The topological polar surface area (TPSA) is 47.3 Å². The summed E-state index contributed by atoms with van der Waals surface area (Å²) in [4.78, 5) is 0. The normalized spacial score (nSPS) is 16.8. The molecular formula is C14H21BrN2OS. The highest BCUT2D eigenvalue weighted by atomic mass is 79.9. The van der Waals surface area contributed by atoms with Crippen LogP contribution >= 0.6 is 27.7 Å². The molecule has 2 unspecified atom stereocenters. The number of hydrazine groups is 1. The molecular weight excluding hydrogens is 324 g/mol. The Labute approximate surface area is 127 Å². The van der Waals surface area contributed by atoms with Crippen LogP contribution in [0.15, 0.2) is 16.6 Å². The van der Waals surface area contributed by atoms with Gasteiger partial charge in [-0.15, -0.1) is 0 Å². The molecule has 1 aromatic rings. The van der Waals surface area contributed by atoms with Crippen LogP contribution in [-0.4, -0.2) is 24.7 Å². The third-order valence-electron chi connectivity index (χ3n) is 3.60. The van der Waals surface area contributed by atoms with Gasteiger partial charge in [0, 0.05) is 16.9 Å². The standard InChI is InChI=1S/C14H21BrN2OS/c1-9(8-19-2)13(17-16)7-11-6-12(15)5-10-3-4-18-14(10)11/h5-6,9,13,17H,3-4,7-8,16H2,1-2H3. The van der Waals surface area contributed by atoms with Crippen LogP contribution in [0.5, 0.6) is 5.75 Å². The Morgan fingerprint density at radius 1 is 1.53 bits per heavy atom. The summed E-state index contributed by atoms with van der Waals surface area (Å²) >= 11 is 5.44. The predicted molar refractivity (Wildman–Crippen MR) is 85.7 cm³/mol. The maximum atomic E-state index is 5.78. The van der Waals surface area contributed by atoms with Gasteiger partial charge in [0.05, 0.1) is 6.61 Å². The molecule has 2 atom stereocenters. The van der Waals surface area contributed by atoms with Crippen molar-refractivity contribution < 1.29 is 4.74 Å². The average Bonchev–Trinajstić information content (AvgIpc) is 2.83. The van der Waals surface area contributed by atoms with Gasteiger partial charge in [-0.3, -0.25) is 11.3 Å². The van der Waals surface area contributed by atoms with Crippen molar-refractivity contribution in [3.05, 3.63) is 27.7 Å². The van der Waals surface area contributed by atoms with Gasteiger partial charge in [0.25, 0.3) is 0 Å². The van der Waals surface area contributed by atoms with E-state index in [1.165, 1.54) is 11.1 Å². The molecule has 1 heterocycles. The van der Waals surface area contributed by atoms with Crippen molar-refractivity contribution in [1.82, 2.24) is 5.43 Å². The molecule has 0 bridgehead atoms. The summed E-state index contributed by atoms with van der Waals surface area (Å²) in [5.74, 6) is 8.42. The van der Waals surface area contributed by atoms with Gasteiger partial charge in [0.15, 0.2) is 0 Å². The highest BCUT2D eigenvalue weighted by molar-refractivity contribution is 9.10. The summed E-state index contributed by atoms with van der Waals surface area (Å²) in [5, 5.41) is 0. The van der Waals surface area contributed by atoms with Crippen molar-refractivity contribution >= 4 is 27.7 Å². The highest BCUT2D eigenvalue weighted by Gasteiger charge is 2.22. The number of hydrogen-bond donors (Lipinski definition) is 2. The van der Waals surface area contributed by atoms with Crippen molar-refractivity contribution in [1.29, 1.82) is 0 Å². The summed E-state index contributed by atoms with van der Waals surface area (Å²) in [6.07, 6.45) is 4.03. The number of hydrogen-bond acceptors (Lipinski definition) is 4. The summed E-state index contributed by atoms with van der Waals surface area (Å²) in [6, 6.07) is 4.58. The lowest BCUT2D eigenvalue weighted by Crippen LogP contribution is -2.42. The first-order valence-electron chi connectivity index (χ1n) is 6.55. The maximum Gasteiger partial charge on any atom is 0.125 e. The lowest BCUT2D eigenvalue weighted by molar-refractivity contribution is 0.347. The Balaban J connectivity index is 2.18. The molecule has 5 heteroatoms. The quantitative estimate of drug-likeness (QED) is 0.615. The molecule has 2 rings (SSSR count). The average molecular weight is 345 g/mol. The maximum absolute atomic E-state index is 5.78. The molecule has 3 N–H and O–H groups in total. The molecule has 0 aromatic heterocycles. The van der Waals surface area contributed by atoms with E-state index in [4.69, 9.17) is 10.6 Å². The van der Waals surface area contributed by atoms with Gasteiger partial charge < -0.3 is 4.74 Å². The van der Waals surface area contributed by atoms with Gasteiger partial charge in [0.2, 0.25) is 0 Å². The van der Waals surface area contributed by atoms with E-state index in [1.54, 1.807) is 0 Å². The zero-order valence-electron chi connectivity index (χ0n) is 11.4. The monoisotopic (exact) mass is 344 g/mol. The van der Waals surface area contributed by atoms with E-state index in [0.717, 1.165) is 35.4 Å². The fourth-order valence-corrected chi connectivity index (χ4v) is 3.85. The molecule has 1 aliphatic rings. The first-order valence-corrected chi connectivity index (χ1v) is 8.73. The Morgan fingerprint density at radius 2 is 2.32 bits per heavy atom. The molecule has 0 spiro atoms. The van der Waals surface area contributed by atoms with Crippen molar-refractivity contribution in [2.75, 3.05) is 18.6 Å². The molecule has 0 amide bonds. The van der Waals surface area contributed by atoms with Crippen LogP contribution < -0.4 is 16.0 Å². The summed E-state index contributed by atoms with van der Waals surface area (Å²) in [7, 11) is 0. The smallest absolute Gasteiger partial charge is 0.125 e. The molecule has 0 saturated heterocycles. The van der Waals surface area contributed by atoms with E-state index >= 15 is 0 Å². The Kier molecular flexibility index (Phi) is 5.57. The third kappa shape index (κ3) is 3.66. The second-order valence-electron chi connectivity index (χ2n) is 5.06. The van der Waals surface area contributed by atoms with Gasteiger partial charge in [-0.2, -0.15) is 11.8 Å². The van der Waals surface area contributed by atoms with Crippen LogP contribution in [0.25, 0.3) is 0 Å². The van der Waals surface area contributed by atoms with E-state index in [1.807, 2.05) is 11.8 Å². The number of nitrogens with two attached hydrogens (primary N) is 1. The van der Waals surface area contributed by atoms with Crippen LogP contribution in [-0.2, 0) is 12.8 Å². The number of halogens is 1. The number of ether oxygens (including phenoxy) is 1. The number of benzene rings is 1. The number of thioether (sulfide) groups is 1. The molecule has 19 heavy (non-hydrogen) atoms. The third-order valence-corrected chi connectivity index (χ3v) is 4.91. The highest BCUT2D eigenvalue weighted by Crippen LogP contribution is 2.34. The van der Waals surface area contributed by atoms with Crippen LogP contribution in [0, 0.1) is 5.92 Å². The van der Waals surface area contributed by atoms with Crippen LogP contribution in [0.4, 0.5) is 0 Å². The minimum atomic E-state index is 0.273. The minimum Gasteiger partial charge on any atom is -0.493 e. The van der Waals surface area contributed by atoms with Crippen molar-refractivity contribution in [2.45, 2.75) is 25.8 Å². The van der Waals surface area contributed by atoms with Crippen LogP contribution in [0.2, 0.25) is 0 Å². The second kappa shape index (κ2) is 6.97. The predicted octanol–water partition coefficient (Wildman–Crippen LogP) is 2.76. The molecule has 0 fully saturated rings. The van der Waals surface area contributed by atoms with Gasteiger partial charge >= 0.3 is 0 Å². The molecule has 0 aliphatic carbocycles. The van der Waals surface area contributed by atoms with Crippen molar-refractivity contribution in [2.24, 2.45) is 11.8 Å². The largest absolute Gasteiger partial charge is 0.493 e. The SMILES string of the molecule is CSCC(C)C(Cc1cc(Br)cc2c1OCC2)NN. The number of fused-ring (bicyclic) bond motifs is 1. The minimum absolute atomic E-state index is 0.273. The van der Waals surface area contributed by atoms with E-state index in [-0.39, 0.29) is 6.04 Å². The first kappa shape index (κ1) is 15.2. The molecule has 0 radical (unpaired) electrons. The zero-order valence-corrected chi connectivity index (χ0v) is 13.8. The van der Waals surface area contributed by atoms with Crippen LogP contribution in [0.1, 0.15) is 18.1 Å². The lowest BCUT2D eigenvalue weighted by atomic mass is 9.95. The molecule has 0 saturated carbocycles. The van der Waals surface area contributed by atoms with Crippen molar-refractivity contribution in [3.63, 3.8) is 0 Å². The zero-order chi connectivity index (χ0) is 13.8. The van der Waals surface area contributed by atoms with Gasteiger partial charge in [-0.1, -0.05) is 22.9 Å². The van der Waals surface area contributed by atoms with E-state index in [9.17, 15) is 0 Å². The van der Waals surface area contributed by atoms with E-state index < -0.39 is 0 Å². The van der Waals surface area contributed by atoms with Gasteiger partial charge in [0.1, 0.15) is 5.75 Å². The number of nitrogens with one attached hydrogen (secondary N) is 1. The lowest BCUT2D eigenvalue weighted by Gasteiger charge is -2.23. The fourth-order valence-electron chi connectivity index (χ4n) is 2.54. The molecule has 1 aromatic carbocycles. The Bertz CT molecular complexity index is 442. The summed E-state index contributed by atoms with van der Waals surface area (Å²) in [6.45, 7) is 3.03. The summed E-state index contributed by atoms with van der Waals surface area (Å²) < 4.78 is 6.90. The number of rotatable bonds is 6. The van der Waals surface area contributed by atoms with E-state index in [2.05, 4.69) is 46.7 Å². The van der Waals surface area contributed by atoms with Gasteiger partial charge in [-0.25, -0.2) is 0 Å².